The van der Waals surface area contributed by atoms with Gasteiger partial charge < -0.3 is 15.0 Å². The van der Waals surface area contributed by atoms with Crippen molar-refractivity contribution in [3.63, 3.8) is 0 Å². The first-order chi connectivity index (χ1) is 13.8. The second-order valence-corrected chi connectivity index (χ2v) is 8.27. The molecule has 0 unspecified atom stereocenters. The number of nitrogens with one attached hydrogen (secondary N) is 1. The van der Waals surface area contributed by atoms with E-state index in [2.05, 4.69) is 51.4 Å². The van der Waals surface area contributed by atoms with Crippen molar-refractivity contribution in [3.8, 4) is 0 Å². The maximum atomic E-state index is 5.48. The Kier molecular flexibility index (Phi) is 11.3. The molecule has 164 valence electrons. The fourth-order valence-corrected chi connectivity index (χ4v) is 4.32. The first-order valence-corrected chi connectivity index (χ1v) is 11.0. The van der Waals surface area contributed by atoms with Crippen LogP contribution >= 0.6 is 24.0 Å². The molecule has 2 aliphatic rings. The van der Waals surface area contributed by atoms with Crippen LogP contribution in [0.15, 0.2) is 29.3 Å². The molecule has 0 saturated carbocycles. The first-order valence-electron chi connectivity index (χ1n) is 11.0. The molecule has 2 aliphatic heterocycles. The quantitative estimate of drug-likeness (QED) is 0.338. The summed E-state index contributed by atoms with van der Waals surface area (Å²) in [4.78, 5) is 9.37. The average molecular weight is 514 g/mol. The van der Waals surface area contributed by atoms with Crippen LogP contribution in [0.3, 0.4) is 0 Å². The summed E-state index contributed by atoms with van der Waals surface area (Å²) in [7, 11) is 4.03. The summed E-state index contributed by atoms with van der Waals surface area (Å²) in [6, 6.07) is 8.84. The van der Waals surface area contributed by atoms with Gasteiger partial charge in [-0.3, -0.25) is 9.89 Å². The predicted molar refractivity (Wildman–Crippen MR) is 132 cm³/mol. The largest absolute Gasteiger partial charge is 0.381 e. The van der Waals surface area contributed by atoms with Crippen LogP contribution in [0, 0.1) is 5.92 Å². The van der Waals surface area contributed by atoms with Crippen molar-refractivity contribution in [3.05, 3.63) is 35.4 Å². The van der Waals surface area contributed by atoms with Gasteiger partial charge in [0.2, 0.25) is 0 Å². The van der Waals surface area contributed by atoms with Crippen LogP contribution in [0.4, 0.5) is 0 Å². The molecule has 0 aliphatic carbocycles. The van der Waals surface area contributed by atoms with Gasteiger partial charge in [0.25, 0.3) is 0 Å². The van der Waals surface area contributed by atoms with E-state index < -0.39 is 0 Å². The lowest BCUT2D eigenvalue weighted by atomic mass is 9.96. The Labute approximate surface area is 194 Å². The van der Waals surface area contributed by atoms with Crippen LogP contribution in [0.25, 0.3) is 0 Å². The summed E-state index contributed by atoms with van der Waals surface area (Å²) in [5.74, 6) is 1.78. The first kappa shape index (κ1) is 24.4. The molecule has 2 saturated heterocycles. The molecule has 0 spiro atoms. The van der Waals surface area contributed by atoms with E-state index in [9.17, 15) is 0 Å². The highest BCUT2D eigenvalue weighted by atomic mass is 127. The Morgan fingerprint density at radius 3 is 2.52 bits per heavy atom. The number of ether oxygens (including phenoxy) is 1. The molecule has 2 fully saturated rings. The number of hydrogen-bond donors (Lipinski definition) is 1. The number of hydrogen-bond acceptors (Lipinski definition) is 3. The second-order valence-electron chi connectivity index (χ2n) is 8.27. The van der Waals surface area contributed by atoms with Crippen molar-refractivity contribution in [2.45, 2.75) is 51.6 Å². The van der Waals surface area contributed by atoms with Gasteiger partial charge in [0.15, 0.2) is 5.96 Å². The molecule has 6 heteroatoms. The fraction of sp³-hybridized carbons (Fsp3) is 0.696. The lowest BCUT2D eigenvalue weighted by Gasteiger charge is -2.28. The standard InChI is InChI=1S/C23H38N4O.HI/c1-24-23(26(2)15-10-20-11-16-28-17-12-20)25-18-21-8-4-5-9-22(21)19-27-13-6-3-7-14-27;/h4-5,8-9,20H,3,6-7,10-19H2,1-2H3,(H,24,25);1H. The Hall–Kier alpha value is -0.860. The number of rotatable bonds is 7. The van der Waals surface area contributed by atoms with Crippen LogP contribution in [0.2, 0.25) is 0 Å². The van der Waals surface area contributed by atoms with E-state index in [4.69, 9.17) is 4.74 Å². The van der Waals surface area contributed by atoms with E-state index in [1.807, 2.05) is 7.05 Å². The molecule has 0 bridgehead atoms. The van der Waals surface area contributed by atoms with Crippen LogP contribution < -0.4 is 5.32 Å². The Bertz CT molecular complexity index is 613. The number of piperidine rings is 1. The van der Waals surface area contributed by atoms with Crippen LogP contribution in [-0.4, -0.2) is 62.7 Å². The van der Waals surface area contributed by atoms with Gasteiger partial charge in [-0.1, -0.05) is 30.7 Å². The SMILES string of the molecule is CN=C(NCc1ccccc1CN1CCCCC1)N(C)CCC1CCOCC1.I. The van der Waals surface area contributed by atoms with Crippen LogP contribution in [0.1, 0.15) is 49.7 Å². The molecule has 0 radical (unpaired) electrons. The zero-order valence-electron chi connectivity index (χ0n) is 18.2. The van der Waals surface area contributed by atoms with Crippen molar-refractivity contribution >= 4 is 29.9 Å². The highest BCUT2D eigenvalue weighted by molar-refractivity contribution is 14.0. The molecule has 1 N–H and O–H groups in total. The molecule has 3 rings (SSSR count). The van der Waals surface area contributed by atoms with E-state index >= 15 is 0 Å². The molecule has 0 aromatic heterocycles. The van der Waals surface area contributed by atoms with Crippen LogP contribution in [0.5, 0.6) is 0 Å². The summed E-state index contributed by atoms with van der Waals surface area (Å²) in [5.41, 5.74) is 2.82. The smallest absolute Gasteiger partial charge is 0.193 e. The van der Waals surface area contributed by atoms with Crippen molar-refractivity contribution in [1.29, 1.82) is 0 Å². The minimum Gasteiger partial charge on any atom is -0.381 e. The summed E-state index contributed by atoms with van der Waals surface area (Å²) < 4.78 is 5.48. The van der Waals surface area contributed by atoms with E-state index in [0.717, 1.165) is 44.7 Å². The lowest BCUT2D eigenvalue weighted by molar-refractivity contribution is 0.0625. The molecule has 0 amide bonds. The molecule has 1 aromatic carbocycles. The summed E-state index contributed by atoms with van der Waals surface area (Å²) in [5, 5.41) is 3.58. The van der Waals surface area contributed by atoms with Crippen molar-refractivity contribution in [2.75, 3.05) is 46.9 Å². The molecular formula is C23H39IN4O. The number of aliphatic imine (C=N–C) groups is 1. The van der Waals surface area contributed by atoms with Crippen molar-refractivity contribution in [1.82, 2.24) is 15.1 Å². The van der Waals surface area contributed by atoms with Gasteiger partial charge in [-0.05, 0) is 62.2 Å². The molecule has 5 nitrogen and oxygen atoms in total. The van der Waals surface area contributed by atoms with E-state index in [-0.39, 0.29) is 24.0 Å². The van der Waals surface area contributed by atoms with Gasteiger partial charge in [0, 0.05) is 46.9 Å². The minimum absolute atomic E-state index is 0. The third kappa shape index (κ3) is 8.06. The molecule has 1 aromatic rings. The molecular weight excluding hydrogens is 475 g/mol. The molecule has 29 heavy (non-hydrogen) atoms. The van der Waals surface area contributed by atoms with E-state index in [1.54, 1.807) is 0 Å². The van der Waals surface area contributed by atoms with Gasteiger partial charge in [0.05, 0.1) is 0 Å². The maximum Gasteiger partial charge on any atom is 0.193 e. The third-order valence-corrected chi connectivity index (χ3v) is 6.18. The van der Waals surface area contributed by atoms with Gasteiger partial charge in [-0.2, -0.15) is 0 Å². The number of likely N-dealkylation sites (tertiary alicyclic amines) is 1. The number of benzene rings is 1. The van der Waals surface area contributed by atoms with Gasteiger partial charge in [0.1, 0.15) is 0 Å². The molecule has 0 atom stereocenters. The number of nitrogens with zero attached hydrogens (tertiary/aromatic N) is 3. The Balaban J connectivity index is 0.00000300. The zero-order chi connectivity index (χ0) is 19.6. The second kappa shape index (κ2) is 13.4. The Morgan fingerprint density at radius 1 is 1.14 bits per heavy atom. The zero-order valence-corrected chi connectivity index (χ0v) is 20.6. The fourth-order valence-electron chi connectivity index (χ4n) is 4.32. The van der Waals surface area contributed by atoms with Gasteiger partial charge in [-0.15, -0.1) is 24.0 Å². The summed E-state index contributed by atoms with van der Waals surface area (Å²) >= 11 is 0. The van der Waals surface area contributed by atoms with E-state index in [0.29, 0.717) is 0 Å². The monoisotopic (exact) mass is 514 g/mol. The molecule has 2 heterocycles. The van der Waals surface area contributed by atoms with Gasteiger partial charge in [-0.25, -0.2) is 0 Å². The lowest BCUT2D eigenvalue weighted by Crippen LogP contribution is -2.40. The van der Waals surface area contributed by atoms with Crippen molar-refractivity contribution < 1.29 is 4.74 Å². The number of halogens is 1. The average Bonchev–Trinajstić information content (AvgIpc) is 2.75. The maximum absolute atomic E-state index is 5.48. The highest BCUT2D eigenvalue weighted by Gasteiger charge is 2.16. The predicted octanol–water partition coefficient (Wildman–Crippen LogP) is 4.11. The topological polar surface area (TPSA) is 40.1 Å². The minimum atomic E-state index is 0. The van der Waals surface area contributed by atoms with Crippen LogP contribution in [-0.2, 0) is 17.8 Å². The Morgan fingerprint density at radius 2 is 1.83 bits per heavy atom. The number of guanidine groups is 1. The highest BCUT2D eigenvalue weighted by Crippen LogP contribution is 2.19. The van der Waals surface area contributed by atoms with Gasteiger partial charge >= 0.3 is 0 Å². The normalized spacial score (nSPS) is 18.9. The summed E-state index contributed by atoms with van der Waals surface area (Å²) in [6.07, 6.45) is 7.67. The van der Waals surface area contributed by atoms with E-state index in [1.165, 1.54) is 62.7 Å². The third-order valence-electron chi connectivity index (χ3n) is 6.18. The van der Waals surface area contributed by atoms with Crippen molar-refractivity contribution in [2.24, 2.45) is 10.9 Å². The summed E-state index contributed by atoms with van der Waals surface area (Å²) in [6.45, 7) is 7.26.